The molecule has 0 bridgehead atoms. The molecule has 0 saturated heterocycles. The molecular weight excluding hydrogens is 350 g/mol. The van der Waals surface area contributed by atoms with Crippen LogP contribution in [0.3, 0.4) is 0 Å². The van der Waals surface area contributed by atoms with Gasteiger partial charge < -0.3 is 5.32 Å². The number of nitrogens with one attached hydrogen (secondary N) is 1. The van der Waals surface area contributed by atoms with Crippen molar-refractivity contribution in [1.29, 1.82) is 0 Å². The molecule has 1 unspecified atom stereocenters. The van der Waals surface area contributed by atoms with Crippen molar-refractivity contribution in [2.75, 3.05) is 12.4 Å². The van der Waals surface area contributed by atoms with Gasteiger partial charge in [0.1, 0.15) is 0 Å². The molecule has 0 saturated carbocycles. The maximum Gasteiger partial charge on any atom is 0.240 e. The van der Waals surface area contributed by atoms with Crippen LogP contribution in [0.4, 0.5) is 20.4 Å². The number of halogens is 2. The van der Waals surface area contributed by atoms with Crippen molar-refractivity contribution in [3.05, 3.63) is 42.4 Å². The van der Waals surface area contributed by atoms with Gasteiger partial charge in [-0.25, -0.2) is 23.3 Å². The fourth-order valence-electron chi connectivity index (χ4n) is 3.37. The first-order valence-corrected chi connectivity index (χ1v) is 8.55. The topological polar surface area (TPSA) is 67.5 Å². The Morgan fingerprint density at radius 3 is 2.89 bits per heavy atom. The van der Waals surface area contributed by atoms with Crippen molar-refractivity contribution in [1.82, 2.24) is 19.6 Å². The van der Waals surface area contributed by atoms with Crippen LogP contribution in [0.2, 0.25) is 0 Å². The molecule has 1 atom stereocenters. The summed E-state index contributed by atoms with van der Waals surface area (Å²) in [4.78, 5) is 13.3. The van der Waals surface area contributed by atoms with Gasteiger partial charge in [0.05, 0.1) is 34.5 Å². The fourth-order valence-corrected chi connectivity index (χ4v) is 3.37. The summed E-state index contributed by atoms with van der Waals surface area (Å²) < 4.78 is 27.7. The number of rotatable bonds is 5. The molecule has 0 fully saturated rings. The van der Waals surface area contributed by atoms with E-state index in [2.05, 4.69) is 32.0 Å². The molecule has 0 spiro atoms. The monoisotopic (exact) mass is 368 g/mol. The summed E-state index contributed by atoms with van der Waals surface area (Å²) in [7, 11) is 1.74. The van der Waals surface area contributed by atoms with Crippen LogP contribution in [0.1, 0.15) is 30.7 Å². The minimum absolute atomic E-state index is 0.276. The van der Waals surface area contributed by atoms with E-state index in [4.69, 9.17) is 0 Å². The van der Waals surface area contributed by atoms with Gasteiger partial charge in [0.15, 0.2) is 0 Å². The van der Waals surface area contributed by atoms with Gasteiger partial charge in [0.25, 0.3) is 0 Å². The molecule has 3 aromatic rings. The maximum absolute atomic E-state index is 13.0. The van der Waals surface area contributed by atoms with Crippen LogP contribution < -0.4 is 5.32 Å². The lowest BCUT2D eigenvalue weighted by molar-refractivity contribution is 0.135. The fraction of sp³-hybridized carbons (Fsp3) is 0.263. The summed E-state index contributed by atoms with van der Waals surface area (Å²) in [6.07, 6.45) is 0.715. The van der Waals surface area contributed by atoms with E-state index in [-0.39, 0.29) is 6.42 Å². The molecule has 1 aliphatic rings. The van der Waals surface area contributed by atoms with E-state index in [1.165, 1.54) is 0 Å². The third-order valence-corrected chi connectivity index (χ3v) is 4.70. The Balaban J connectivity index is 1.84. The smallest absolute Gasteiger partial charge is 0.240 e. The Labute approximate surface area is 154 Å². The first kappa shape index (κ1) is 17.3. The molecule has 4 heterocycles. The zero-order valence-corrected chi connectivity index (χ0v) is 14.9. The van der Waals surface area contributed by atoms with Crippen molar-refractivity contribution >= 4 is 28.9 Å². The molecule has 4 rings (SSSR count). The second-order valence-electron chi connectivity index (χ2n) is 6.35. The second-order valence-corrected chi connectivity index (χ2v) is 6.35. The lowest BCUT2D eigenvalue weighted by Crippen LogP contribution is -2.10. The highest BCUT2D eigenvalue weighted by Gasteiger charge is 2.29. The molecule has 3 aromatic heterocycles. The molecule has 0 amide bonds. The molecule has 0 radical (unpaired) electrons. The lowest BCUT2D eigenvalue weighted by atomic mass is 9.97. The number of aliphatic imine (C=N–C) groups is 1. The average Bonchev–Trinajstić information content (AvgIpc) is 3.18. The Morgan fingerprint density at radius 1 is 1.37 bits per heavy atom. The summed E-state index contributed by atoms with van der Waals surface area (Å²) in [6.45, 7) is 5.60. The maximum atomic E-state index is 13.0. The molecule has 0 aliphatic carbocycles. The molecular formula is C19H18F2N6. The van der Waals surface area contributed by atoms with E-state index in [1.807, 2.05) is 18.2 Å². The third kappa shape index (κ3) is 2.87. The summed E-state index contributed by atoms with van der Waals surface area (Å²) in [5.74, 6) is 0.0236. The van der Waals surface area contributed by atoms with Crippen LogP contribution in [-0.4, -0.2) is 38.8 Å². The van der Waals surface area contributed by atoms with Crippen molar-refractivity contribution in [2.24, 2.45) is 4.99 Å². The van der Waals surface area contributed by atoms with Crippen molar-refractivity contribution in [3.63, 3.8) is 0 Å². The standard InChI is InChI=1S/C19H18F2N6/c1-4-11-7-13(16-9-23-19(22-3)26-27(11)16)14-5-6-15-18(25-14)12(8-17(20)21)10(2)24-15/h4-7,9,12,17H,1,8H2,2-3H3,(H,22,26). The Kier molecular flexibility index (Phi) is 4.18. The van der Waals surface area contributed by atoms with E-state index >= 15 is 0 Å². The van der Waals surface area contributed by atoms with Gasteiger partial charge in [-0.2, -0.15) is 0 Å². The normalized spacial score (nSPS) is 15.9. The summed E-state index contributed by atoms with van der Waals surface area (Å²) in [6, 6.07) is 5.58. The quantitative estimate of drug-likeness (QED) is 0.728. The largest absolute Gasteiger partial charge is 0.356 e. The van der Waals surface area contributed by atoms with Gasteiger partial charge in [-0.05, 0) is 31.2 Å². The number of nitrogens with zero attached hydrogens (tertiary/aromatic N) is 5. The predicted octanol–water partition coefficient (Wildman–Crippen LogP) is 4.32. The van der Waals surface area contributed by atoms with Crippen molar-refractivity contribution in [3.8, 4) is 11.3 Å². The van der Waals surface area contributed by atoms with Crippen molar-refractivity contribution < 1.29 is 8.78 Å². The minimum Gasteiger partial charge on any atom is -0.356 e. The van der Waals surface area contributed by atoms with Gasteiger partial charge in [0, 0.05) is 30.7 Å². The number of alkyl halides is 2. The Morgan fingerprint density at radius 2 is 2.19 bits per heavy atom. The first-order valence-electron chi connectivity index (χ1n) is 8.55. The minimum atomic E-state index is -2.41. The van der Waals surface area contributed by atoms with Crippen LogP contribution in [0.25, 0.3) is 22.9 Å². The van der Waals surface area contributed by atoms with E-state index in [1.54, 1.807) is 30.8 Å². The van der Waals surface area contributed by atoms with Gasteiger partial charge in [0.2, 0.25) is 12.4 Å². The average molecular weight is 368 g/mol. The molecule has 6 nitrogen and oxygen atoms in total. The number of pyridine rings is 1. The van der Waals surface area contributed by atoms with Crippen LogP contribution >= 0.6 is 0 Å². The highest BCUT2D eigenvalue weighted by Crippen LogP contribution is 2.39. The van der Waals surface area contributed by atoms with Crippen LogP contribution in [0.5, 0.6) is 0 Å². The van der Waals surface area contributed by atoms with E-state index in [9.17, 15) is 8.78 Å². The van der Waals surface area contributed by atoms with Gasteiger partial charge in [-0.3, -0.25) is 4.99 Å². The summed E-state index contributed by atoms with van der Waals surface area (Å²) in [5.41, 5.74) is 4.96. The van der Waals surface area contributed by atoms with E-state index in [0.29, 0.717) is 28.7 Å². The lowest BCUT2D eigenvalue weighted by Gasteiger charge is -2.11. The van der Waals surface area contributed by atoms with Gasteiger partial charge in [-0.1, -0.05) is 6.58 Å². The van der Waals surface area contributed by atoms with Crippen LogP contribution in [0.15, 0.2) is 36.0 Å². The first-order chi connectivity index (χ1) is 13.0. The van der Waals surface area contributed by atoms with Crippen LogP contribution in [0, 0.1) is 0 Å². The molecule has 1 N–H and O–H groups in total. The Bertz CT molecular complexity index is 1070. The number of hydrogen-bond donors (Lipinski definition) is 1. The Hall–Kier alpha value is -3.16. The summed E-state index contributed by atoms with van der Waals surface area (Å²) in [5, 5.41) is 7.33. The van der Waals surface area contributed by atoms with Gasteiger partial charge in [-0.15, -0.1) is 5.10 Å². The van der Waals surface area contributed by atoms with E-state index in [0.717, 1.165) is 16.8 Å². The van der Waals surface area contributed by atoms with Crippen molar-refractivity contribution in [2.45, 2.75) is 25.7 Å². The number of fused-ring (bicyclic) bond motifs is 2. The number of anilines is 1. The highest BCUT2D eigenvalue weighted by molar-refractivity contribution is 5.96. The zero-order chi connectivity index (χ0) is 19.1. The van der Waals surface area contributed by atoms with Crippen LogP contribution in [-0.2, 0) is 0 Å². The molecule has 138 valence electrons. The molecule has 0 aromatic carbocycles. The second kappa shape index (κ2) is 6.53. The SMILES string of the molecule is C=Cc1cc(-c2ccc3c(n2)C(CC(F)F)C(C)=N3)c2cnc(NC)nn12. The van der Waals surface area contributed by atoms with E-state index < -0.39 is 12.3 Å². The number of hydrogen-bond acceptors (Lipinski definition) is 5. The predicted molar refractivity (Wildman–Crippen MR) is 102 cm³/mol. The molecule has 1 aliphatic heterocycles. The molecule has 8 heteroatoms. The summed E-state index contributed by atoms with van der Waals surface area (Å²) >= 11 is 0. The number of aromatic nitrogens is 4. The van der Waals surface area contributed by atoms with Gasteiger partial charge >= 0.3 is 0 Å². The highest BCUT2D eigenvalue weighted by atomic mass is 19.3. The zero-order valence-electron chi connectivity index (χ0n) is 14.9. The molecule has 27 heavy (non-hydrogen) atoms. The third-order valence-electron chi connectivity index (χ3n) is 4.70.